The number of oxime groups is 1. The molecule has 0 fully saturated rings. The lowest BCUT2D eigenvalue weighted by molar-refractivity contribution is 0.102. The summed E-state index contributed by atoms with van der Waals surface area (Å²) >= 11 is 3.20. The summed E-state index contributed by atoms with van der Waals surface area (Å²) in [4.78, 5) is 12.0. The minimum absolute atomic E-state index is 0.0402. The molecule has 0 radical (unpaired) electrons. The zero-order chi connectivity index (χ0) is 15.4. The van der Waals surface area contributed by atoms with Crippen molar-refractivity contribution in [3.8, 4) is 0 Å². The second-order valence-corrected chi connectivity index (χ2v) is 5.26. The molecular weight excluding hydrogens is 339 g/mol. The Kier molecular flexibility index (Phi) is 4.70. The fraction of sp³-hybridized carbons (Fsp3) is 0.0667. The van der Waals surface area contributed by atoms with E-state index >= 15 is 0 Å². The van der Waals surface area contributed by atoms with E-state index in [1.807, 2.05) is 0 Å². The van der Waals surface area contributed by atoms with Crippen LogP contribution in [0, 0.1) is 5.82 Å². The van der Waals surface area contributed by atoms with Crippen molar-refractivity contribution >= 4 is 33.2 Å². The van der Waals surface area contributed by atoms with Crippen LogP contribution < -0.4 is 5.32 Å². The number of nitrogens with zero attached hydrogens (tertiary/aromatic N) is 1. The summed E-state index contributed by atoms with van der Waals surface area (Å²) in [6.45, 7) is 1.66. The smallest absolute Gasteiger partial charge is 0.258 e. The molecule has 2 aromatic carbocycles. The second kappa shape index (κ2) is 6.49. The van der Waals surface area contributed by atoms with Gasteiger partial charge < -0.3 is 10.5 Å². The number of nitrogens with one attached hydrogen (secondary N) is 1. The van der Waals surface area contributed by atoms with Crippen LogP contribution in [0.4, 0.5) is 10.1 Å². The van der Waals surface area contributed by atoms with Gasteiger partial charge in [0.15, 0.2) is 0 Å². The Balaban J connectivity index is 2.18. The monoisotopic (exact) mass is 350 g/mol. The fourth-order valence-electron chi connectivity index (χ4n) is 1.72. The molecule has 0 heterocycles. The molecule has 0 bridgehead atoms. The zero-order valence-electron chi connectivity index (χ0n) is 11.1. The fourth-order valence-corrected chi connectivity index (χ4v) is 2.08. The number of carbonyl (C=O) groups is 1. The third-order valence-electron chi connectivity index (χ3n) is 2.88. The van der Waals surface area contributed by atoms with Crippen molar-refractivity contribution in [2.24, 2.45) is 5.16 Å². The molecule has 0 unspecified atom stereocenters. The third-order valence-corrected chi connectivity index (χ3v) is 3.38. The molecule has 0 aromatic heterocycles. The average molecular weight is 351 g/mol. The second-order valence-electron chi connectivity index (χ2n) is 4.34. The summed E-state index contributed by atoms with van der Waals surface area (Å²) in [5, 5.41) is 14.4. The maximum Gasteiger partial charge on any atom is 0.258 e. The Morgan fingerprint density at radius 1 is 1.24 bits per heavy atom. The first kappa shape index (κ1) is 15.2. The summed E-state index contributed by atoms with van der Waals surface area (Å²) in [5.41, 5.74) is 1.67. The van der Waals surface area contributed by atoms with Crippen LogP contribution in [0.5, 0.6) is 0 Å². The van der Waals surface area contributed by atoms with E-state index in [4.69, 9.17) is 5.21 Å². The lowest BCUT2D eigenvalue weighted by Gasteiger charge is -2.07. The number of rotatable bonds is 3. The van der Waals surface area contributed by atoms with Gasteiger partial charge >= 0.3 is 0 Å². The lowest BCUT2D eigenvalue weighted by Crippen LogP contribution is -2.13. The average Bonchev–Trinajstić information content (AvgIpc) is 2.49. The number of amides is 1. The molecule has 0 aliphatic rings. The van der Waals surface area contributed by atoms with Gasteiger partial charge in [-0.2, -0.15) is 0 Å². The van der Waals surface area contributed by atoms with Crippen LogP contribution in [0.2, 0.25) is 0 Å². The van der Waals surface area contributed by atoms with Crippen LogP contribution in [-0.4, -0.2) is 16.8 Å². The van der Waals surface area contributed by atoms with Gasteiger partial charge in [-0.25, -0.2) is 4.39 Å². The van der Waals surface area contributed by atoms with Crippen LogP contribution in [0.1, 0.15) is 22.8 Å². The Morgan fingerprint density at radius 3 is 2.52 bits per heavy atom. The van der Waals surface area contributed by atoms with E-state index in [1.165, 1.54) is 18.2 Å². The number of halogens is 2. The van der Waals surface area contributed by atoms with E-state index in [9.17, 15) is 9.18 Å². The first-order valence-electron chi connectivity index (χ1n) is 6.07. The molecule has 0 spiro atoms. The van der Waals surface area contributed by atoms with E-state index in [0.717, 1.165) is 5.56 Å². The van der Waals surface area contributed by atoms with Crippen LogP contribution in [-0.2, 0) is 0 Å². The molecule has 108 valence electrons. The normalized spacial score (nSPS) is 11.3. The molecule has 0 saturated carbocycles. The number of hydrogen-bond donors (Lipinski definition) is 2. The Labute approximate surface area is 129 Å². The predicted octanol–water partition coefficient (Wildman–Crippen LogP) is 4.04. The number of hydrogen-bond acceptors (Lipinski definition) is 3. The summed E-state index contributed by atoms with van der Waals surface area (Å²) in [7, 11) is 0. The Bertz CT molecular complexity index is 699. The molecule has 2 rings (SSSR count). The molecule has 0 aliphatic heterocycles. The third kappa shape index (κ3) is 3.66. The van der Waals surface area contributed by atoms with E-state index in [1.54, 1.807) is 31.2 Å². The van der Waals surface area contributed by atoms with Crippen molar-refractivity contribution in [1.29, 1.82) is 0 Å². The molecule has 21 heavy (non-hydrogen) atoms. The first-order chi connectivity index (χ1) is 10.0. The summed E-state index contributed by atoms with van der Waals surface area (Å²) in [6, 6.07) is 10.9. The number of benzene rings is 2. The molecule has 2 aromatic rings. The first-order valence-corrected chi connectivity index (χ1v) is 6.86. The minimum Gasteiger partial charge on any atom is -0.411 e. The van der Waals surface area contributed by atoms with Crippen molar-refractivity contribution in [1.82, 2.24) is 0 Å². The van der Waals surface area contributed by atoms with Crippen molar-refractivity contribution in [3.05, 3.63) is 63.9 Å². The largest absolute Gasteiger partial charge is 0.411 e. The maximum atomic E-state index is 13.6. The highest BCUT2D eigenvalue weighted by Gasteiger charge is 2.12. The van der Waals surface area contributed by atoms with Crippen molar-refractivity contribution in [2.75, 3.05) is 5.32 Å². The molecule has 0 aliphatic carbocycles. The van der Waals surface area contributed by atoms with Gasteiger partial charge in [0.2, 0.25) is 0 Å². The highest BCUT2D eigenvalue weighted by molar-refractivity contribution is 9.10. The molecule has 1 amide bonds. The van der Waals surface area contributed by atoms with Gasteiger partial charge in [0.1, 0.15) is 5.82 Å². The van der Waals surface area contributed by atoms with Gasteiger partial charge in [0.05, 0.1) is 11.3 Å². The zero-order valence-corrected chi connectivity index (χ0v) is 12.7. The maximum absolute atomic E-state index is 13.6. The molecule has 0 saturated heterocycles. The molecule has 6 heteroatoms. The standard InChI is InChI=1S/C15H12BrFN2O2/c1-9(19-21)10-2-5-12(6-3-10)18-15(20)13-8-11(16)4-7-14(13)17/h2-8,21H,1H3,(H,18,20)/b19-9+. The van der Waals surface area contributed by atoms with Crippen molar-refractivity contribution in [3.63, 3.8) is 0 Å². The molecular formula is C15H12BrFN2O2. The number of anilines is 1. The SMILES string of the molecule is C/C(=N\O)c1ccc(NC(=O)c2cc(Br)ccc2F)cc1. The Morgan fingerprint density at radius 2 is 1.90 bits per heavy atom. The van der Waals surface area contributed by atoms with E-state index in [0.29, 0.717) is 15.9 Å². The van der Waals surface area contributed by atoms with Gasteiger partial charge in [-0.15, -0.1) is 0 Å². The topological polar surface area (TPSA) is 61.7 Å². The van der Waals surface area contributed by atoms with Gasteiger partial charge in [0, 0.05) is 10.2 Å². The van der Waals surface area contributed by atoms with Crippen LogP contribution >= 0.6 is 15.9 Å². The van der Waals surface area contributed by atoms with Gasteiger partial charge in [-0.1, -0.05) is 33.2 Å². The highest BCUT2D eigenvalue weighted by Crippen LogP contribution is 2.18. The highest BCUT2D eigenvalue weighted by atomic mass is 79.9. The quantitative estimate of drug-likeness (QED) is 0.498. The summed E-state index contributed by atoms with van der Waals surface area (Å²) in [6.07, 6.45) is 0. The van der Waals surface area contributed by atoms with Crippen LogP contribution in [0.15, 0.2) is 52.1 Å². The Hall–Kier alpha value is -2.21. The van der Waals surface area contributed by atoms with Gasteiger partial charge in [0.25, 0.3) is 5.91 Å². The van der Waals surface area contributed by atoms with Crippen LogP contribution in [0.25, 0.3) is 0 Å². The summed E-state index contributed by atoms with van der Waals surface area (Å²) < 4.78 is 14.2. The van der Waals surface area contributed by atoms with E-state index in [-0.39, 0.29) is 5.56 Å². The molecule has 4 nitrogen and oxygen atoms in total. The van der Waals surface area contributed by atoms with Crippen molar-refractivity contribution in [2.45, 2.75) is 6.92 Å². The van der Waals surface area contributed by atoms with Gasteiger partial charge in [-0.3, -0.25) is 4.79 Å². The van der Waals surface area contributed by atoms with E-state index < -0.39 is 11.7 Å². The molecule has 2 N–H and O–H groups in total. The summed E-state index contributed by atoms with van der Waals surface area (Å²) in [5.74, 6) is -1.12. The predicted molar refractivity (Wildman–Crippen MR) is 82.5 cm³/mol. The van der Waals surface area contributed by atoms with E-state index in [2.05, 4.69) is 26.4 Å². The lowest BCUT2D eigenvalue weighted by atomic mass is 10.1. The molecule has 0 atom stereocenters. The minimum atomic E-state index is -0.587. The number of carbonyl (C=O) groups excluding carboxylic acids is 1. The van der Waals surface area contributed by atoms with Crippen molar-refractivity contribution < 1.29 is 14.4 Å². The van der Waals surface area contributed by atoms with Crippen LogP contribution in [0.3, 0.4) is 0 Å². The van der Waals surface area contributed by atoms with Gasteiger partial charge in [-0.05, 0) is 42.8 Å².